The first-order chi connectivity index (χ1) is 8.16. The second-order valence-electron chi connectivity index (χ2n) is 4.51. The summed E-state index contributed by atoms with van der Waals surface area (Å²) >= 11 is 1.64. The molecule has 1 aromatic rings. The lowest BCUT2D eigenvalue weighted by Gasteiger charge is -2.35. The van der Waals surface area contributed by atoms with Crippen LogP contribution in [0.3, 0.4) is 0 Å². The van der Waals surface area contributed by atoms with Crippen molar-refractivity contribution < 1.29 is 4.79 Å². The molecular weight excluding hydrogens is 232 g/mol. The molecule has 17 heavy (non-hydrogen) atoms. The van der Waals surface area contributed by atoms with E-state index in [9.17, 15) is 4.79 Å². The molecule has 3 nitrogen and oxygen atoms in total. The van der Waals surface area contributed by atoms with Gasteiger partial charge in [-0.25, -0.2) is 0 Å². The number of rotatable bonds is 2. The van der Waals surface area contributed by atoms with E-state index in [-0.39, 0.29) is 18.0 Å². The van der Waals surface area contributed by atoms with Gasteiger partial charge in [-0.1, -0.05) is 6.07 Å². The van der Waals surface area contributed by atoms with Crippen LogP contribution in [0.2, 0.25) is 0 Å². The van der Waals surface area contributed by atoms with Crippen LogP contribution in [-0.4, -0.2) is 29.4 Å². The zero-order chi connectivity index (χ0) is 12.3. The summed E-state index contributed by atoms with van der Waals surface area (Å²) in [4.78, 5) is 15.0. The smallest absolute Gasteiger partial charge is 0.246 e. The van der Waals surface area contributed by atoms with E-state index in [0.717, 1.165) is 24.3 Å². The summed E-state index contributed by atoms with van der Waals surface area (Å²) in [5, 5.41) is 2.01. The molecule has 0 aromatic carbocycles. The van der Waals surface area contributed by atoms with Crippen molar-refractivity contribution in [3.63, 3.8) is 0 Å². The number of hydrogen-bond acceptors (Lipinski definition) is 3. The number of likely N-dealkylation sites (tertiary alicyclic amines) is 1. The van der Waals surface area contributed by atoms with E-state index in [2.05, 4.69) is 6.92 Å². The minimum Gasteiger partial charge on any atom is -0.336 e. The van der Waals surface area contributed by atoms with Gasteiger partial charge in [0.15, 0.2) is 0 Å². The maximum Gasteiger partial charge on any atom is 0.246 e. The van der Waals surface area contributed by atoms with E-state index in [1.54, 1.807) is 17.4 Å². The predicted molar refractivity (Wildman–Crippen MR) is 71.7 cm³/mol. The third-order valence-corrected chi connectivity index (χ3v) is 3.97. The highest BCUT2D eigenvalue weighted by molar-refractivity contribution is 7.10. The third-order valence-electron chi connectivity index (χ3n) is 3.13. The zero-order valence-corrected chi connectivity index (χ0v) is 10.8. The van der Waals surface area contributed by atoms with E-state index in [1.165, 1.54) is 0 Å². The van der Waals surface area contributed by atoms with Crippen LogP contribution in [0.4, 0.5) is 0 Å². The fourth-order valence-corrected chi connectivity index (χ4v) is 2.79. The van der Waals surface area contributed by atoms with Gasteiger partial charge in [-0.3, -0.25) is 4.79 Å². The molecular formula is C13H18N2OS. The molecule has 0 aliphatic carbocycles. The summed E-state index contributed by atoms with van der Waals surface area (Å²) in [6.45, 7) is 2.84. The van der Waals surface area contributed by atoms with Crippen molar-refractivity contribution in [2.24, 2.45) is 5.73 Å². The number of amides is 1. The van der Waals surface area contributed by atoms with Crippen LogP contribution >= 0.6 is 11.3 Å². The van der Waals surface area contributed by atoms with Crippen LogP contribution in [0.5, 0.6) is 0 Å². The van der Waals surface area contributed by atoms with E-state index >= 15 is 0 Å². The first-order valence-corrected chi connectivity index (χ1v) is 6.82. The van der Waals surface area contributed by atoms with E-state index in [1.807, 2.05) is 28.5 Å². The Morgan fingerprint density at radius 3 is 3.12 bits per heavy atom. The number of carbonyl (C=O) groups is 1. The first-order valence-electron chi connectivity index (χ1n) is 5.94. The molecule has 4 heteroatoms. The van der Waals surface area contributed by atoms with Gasteiger partial charge in [0, 0.05) is 29.6 Å². The van der Waals surface area contributed by atoms with Gasteiger partial charge >= 0.3 is 0 Å². The van der Waals surface area contributed by atoms with Crippen LogP contribution in [-0.2, 0) is 4.79 Å². The SMILES string of the molecule is CC1CC(N)CCN1C(=O)/C=C/c1cccs1. The topological polar surface area (TPSA) is 46.3 Å². The van der Waals surface area contributed by atoms with Crippen LogP contribution in [0.1, 0.15) is 24.6 Å². The molecule has 0 spiro atoms. The number of nitrogens with two attached hydrogens (primary N) is 1. The lowest BCUT2D eigenvalue weighted by Crippen LogP contribution is -2.47. The molecule has 2 N–H and O–H groups in total. The van der Waals surface area contributed by atoms with E-state index in [4.69, 9.17) is 5.73 Å². The number of nitrogens with zero attached hydrogens (tertiary/aromatic N) is 1. The largest absolute Gasteiger partial charge is 0.336 e. The Kier molecular flexibility index (Phi) is 3.97. The Balaban J connectivity index is 1.96. The Morgan fingerprint density at radius 1 is 1.65 bits per heavy atom. The minimum absolute atomic E-state index is 0.0952. The minimum atomic E-state index is 0.0952. The third kappa shape index (κ3) is 3.17. The lowest BCUT2D eigenvalue weighted by atomic mass is 9.99. The molecule has 2 heterocycles. The Morgan fingerprint density at radius 2 is 2.47 bits per heavy atom. The van der Waals surface area contributed by atoms with Gasteiger partial charge in [0.2, 0.25) is 5.91 Å². The standard InChI is InChI=1S/C13H18N2OS/c1-10-9-11(14)6-7-15(10)13(16)5-4-12-3-2-8-17-12/h2-5,8,10-11H,6-7,9,14H2,1H3/b5-4+. The van der Waals surface area contributed by atoms with Crippen molar-refractivity contribution in [2.45, 2.75) is 31.8 Å². The molecule has 1 aliphatic rings. The molecule has 2 atom stereocenters. The fourth-order valence-electron chi connectivity index (χ4n) is 2.17. The molecule has 1 amide bonds. The quantitative estimate of drug-likeness (QED) is 0.817. The molecule has 2 unspecified atom stereocenters. The molecule has 1 saturated heterocycles. The summed E-state index contributed by atoms with van der Waals surface area (Å²) in [5.74, 6) is 0.0952. The molecule has 0 saturated carbocycles. The van der Waals surface area contributed by atoms with Crippen molar-refractivity contribution in [1.29, 1.82) is 0 Å². The second kappa shape index (κ2) is 5.47. The normalized spacial score (nSPS) is 25.4. The molecule has 0 bridgehead atoms. The van der Waals surface area contributed by atoms with Crippen molar-refractivity contribution in [3.05, 3.63) is 28.5 Å². The summed E-state index contributed by atoms with van der Waals surface area (Å²) in [7, 11) is 0. The molecule has 1 aliphatic heterocycles. The van der Waals surface area contributed by atoms with Crippen LogP contribution in [0.15, 0.2) is 23.6 Å². The highest BCUT2D eigenvalue weighted by atomic mass is 32.1. The Hall–Kier alpha value is -1.13. The Bertz CT molecular complexity index is 400. The van der Waals surface area contributed by atoms with Crippen LogP contribution in [0, 0.1) is 0 Å². The average Bonchev–Trinajstić information content (AvgIpc) is 2.78. The van der Waals surface area contributed by atoms with Gasteiger partial charge in [0.05, 0.1) is 0 Å². The first kappa shape index (κ1) is 12.3. The van der Waals surface area contributed by atoms with Crippen molar-refractivity contribution in [3.8, 4) is 0 Å². The molecule has 1 fully saturated rings. The van der Waals surface area contributed by atoms with Crippen molar-refractivity contribution >= 4 is 23.3 Å². The maximum absolute atomic E-state index is 12.0. The molecule has 0 radical (unpaired) electrons. The van der Waals surface area contributed by atoms with Gasteiger partial charge in [-0.15, -0.1) is 11.3 Å². The summed E-state index contributed by atoms with van der Waals surface area (Å²) in [6, 6.07) is 4.48. The summed E-state index contributed by atoms with van der Waals surface area (Å²) in [5.41, 5.74) is 5.88. The fraction of sp³-hybridized carbons (Fsp3) is 0.462. The highest BCUT2D eigenvalue weighted by Gasteiger charge is 2.25. The predicted octanol–water partition coefficient (Wildman–Crippen LogP) is 2.10. The zero-order valence-electron chi connectivity index (χ0n) is 10.0. The van der Waals surface area contributed by atoms with E-state index in [0.29, 0.717) is 0 Å². The molecule has 2 rings (SSSR count). The van der Waals surface area contributed by atoms with Crippen molar-refractivity contribution in [1.82, 2.24) is 4.90 Å². The summed E-state index contributed by atoms with van der Waals surface area (Å²) < 4.78 is 0. The van der Waals surface area contributed by atoms with Gasteiger partial charge < -0.3 is 10.6 Å². The number of hydrogen-bond donors (Lipinski definition) is 1. The van der Waals surface area contributed by atoms with Crippen LogP contribution < -0.4 is 5.73 Å². The second-order valence-corrected chi connectivity index (χ2v) is 5.49. The summed E-state index contributed by atoms with van der Waals surface area (Å²) in [6.07, 6.45) is 5.36. The highest BCUT2D eigenvalue weighted by Crippen LogP contribution is 2.17. The lowest BCUT2D eigenvalue weighted by molar-refractivity contribution is -0.129. The van der Waals surface area contributed by atoms with Crippen molar-refractivity contribution in [2.75, 3.05) is 6.54 Å². The number of piperidine rings is 1. The molecule has 1 aromatic heterocycles. The Labute approximate surface area is 106 Å². The van der Waals surface area contributed by atoms with Gasteiger partial charge in [-0.2, -0.15) is 0 Å². The number of carbonyl (C=O) groups excluding carboxylic acids is 1. The maximum atomic E-state index is 12.0. The van der Waals surface area contributed by atoms with Gasteiger partial charge in [0.1, 0.15) is 0 Å². The number of thiophene rings is 1. The van der Waals surface area contributed by atoms with E-state index < -0.39 is 0 Å². The van der Waals surface area contributed by atoms with Gasteiger partial charge in [0.25, 0.3) is 0 Å². The van der Waals surface area contributed by atoms with Gasteiger partial charge in [-0.05, 0) is 37.3 Å². The molecule has 92 valence electrons. The monoisotopic (exact) mass is 250 g/mol. The van der Waals surface area contributed by atoms with Crippen LogP contribution in [0.25, 0.3) is 6.08 Å². The average molecular weight is 250 g/mol.